The van der Waals surface area contributed by atoms with Gasteiger partial charge in [0, 0.05) is 17.8 Å². The lowest BCUT2D eigenvalue weighted by molar-refractivity contribution is 0.629. The molecule has 0 saturated carbocycles. The molecule has 0 fully saturated rings. The fourth-order valence-corrected chi connectivity index (χ4v) is 3.27. The maximum atomic E-state index is 13.9. The summed E-state index contributed by atoms with van der Waals surface area (Å²) in [7, 11) is 0. The lowest BCUT2D eigenvalue weighted by Gasteiger charge is -2.14. The molecule has 0 saturated heterocycles. The van der Waals surface area contributed by atoms with Crippen molar-refractivity contribution in [2.24, 2.45) is 0 Å². The Labute approximate surface area is 154 Å². The quantitative estimate of drug-likeness (QED) is 0.493. The Bertz CT molecular complexity index is 1260. The zero-order chi connectivity index (χ0) is 18.4. The van der Waals surface area contributed by atoms with Crippen molar-refractivity contribution < 1.29 is 4.39 Å². The van der Waals surface area contributed by atoms with Gasteiger partial charge in [-0.2, -0.15) is 5.10 Å². The summed E-state index contributed by atoms with van der Waals surface area (Å²) in [6.45, 7) is 2.00. The number of halogens is 1. The summed E-state index contributed by atoms with van der Waals surface area (Å²) >= 11 is 0. The summed E-state index contributed by atoms with van der Waals surface area (Å²) in [5.41, 5.74) is 3.08. The molecule has 0 spiro atoms. The van der Waals surface area contributed by atoms with Crippen LogP contribution in [0.5, 0.6) is 0 Å². The van der Waals surface area contributed by atoms with Crippen molar-refractivity contribution in [3.05, 3.63) is 84.6 Å². The number of rotatable bonds is 3. The fraction of sp³-hybridized carbons (Fsp3) is 0.100. The number of nitrogens with zero attached hydrogens (tertiary/aromatic N) is 6. The lowest BCUT2D eigenvalue weighted by atomic mass is 10.1. The van der Waals surface area contributed by atoms with E-state index in [1.54, 1.807) is 23.1 Å². The normalized spacial score (nSPS) is 12.7. The Balaban J connectivity index is 1.74. The Morgan fingerprint density at radius 3 is 2.70 bits per heavy atom. The van der Waals surface area contributed by atoms with E-state index in [2.05, 4.69) is 15.1 Å². The molecule has 2 aromatic carbocycles. The van der Waals surface area contributed by atoms with Crippen molar-refractivity contribution in [2.45, 2.75) is 12.8 Å². The summed E-state index contributed by atoms with van der Waals surface area (Å²) in [5, 5.41) is 4.13. The van der Waals surface area contributed by atoms with Crippen molar-refractivity contribution >= 4 is 16.7 Å². The minimum Gasteiger partial charge on any atom is -0.296 e. The zero-order valence-corrected chi connectivity index (χ0v) is 14.5. The molecule has 7 heteroatoms. The first-order valence-electron chi connectivity index (χ1n) is 8.60. The van der Waals surface area contributed by atoms with Crippen molar-refractivity contribution in [3.63, 3.8) is 0 Å². The zero-order valence-electron chi connectivity index (χ0n) is 14.5. The minimum absolute atomic E-state index is 0.194. The molecule has 0 aliphatic heterocycles. The maximum absolute atomic E-state index is 13.9. The molecule has 6 nitrogen and oxygen atoms in total. The number of para-hydroxylation sites is 1. The van der Waals surface area contributed by atoms with Gasteiger partial charge in [0.15, 0.2) is 5.65 Å². The second-order valence-corrected chi connectivity index (χ2v) is 6.34. The van der Waals surface area contributed by atoms with Crippen LogP contribution in [-0.2, 0) is 0 Å². The van der Waals surface area contributed by atoms with E-state index in [0.717, 1.165) is 22.7 Å². The van der Waals surface area contributed by atoms with Gasteiger partial charge in [0.2, 0.25) is 0 Å². The molecule has 0 radical (unpaired) electrons. The number of hydrogen-bond donors (Lipinski definition) is 0. The van der Waals surface area contributed by atoms with Crippen LogP contribution in [0, 0.1) is 5.82 Å². The second-order valence-electron chi connectivity index (χ2n) is 6.34. The third-order valence-corrected chi connectivity index (χ3v) is 4.61. The molecule has 27 heavy (non-hydrogen) atoms. The lowest BCUT2D eigenvalue weighted by Crippen LogP contribution is -2.10. The first-order valence-corrected chi connectivity index (χ1v) is 8.60. The van der Waals surface area contributed by atoms with E-state index in [4.69, 9.17) is 4.98 Å². The smallest absolute Gasteiger partial charge is 0.158 e. The predicted molar refractivity (Wildman–Crippen MR) is 99.3 cm³/mol. The first-order chi connectivity index (χ1) is 13.2. The molecular weight excluding hydrogens is 343 g/mol. The SMILES string of the molecule is C[C@H](c1ncn2nccc2n1)c1nc2ccc(F)cc2n1-c1ccccc1. The minimum atomic E-state index is -0.296. The predicted octanol–water partition coefficient (Wildman–Crippen LogP) is 3.75. The highest BCUT2D eigenvalue weighted by molar-refractivity contribution is 5.78. The van der Waals surface area contributed by atoms with Crippen LogP contribution in [0.2, 0.25) is 0 Å². The molecule has 0 unspecified atom stereocenters. The van der Waals surface area contributed by atoms with E-state index in [9.17, 15) is 4.39 Å². The van der Waals surface area contributed by atoms with Crippen molar-refractivity contribution in [1.82, 2.24) is 29.1 Å². The summed E-state index contributed by atoms with van der Waals surface area (Å²) in [4.78, 5) is 13.8. The van der Waals surface area contributed by atoms with Gasteiger partial charge >= 0.3 is 0 Å². The molecule has 0 N–H and O–H groups in total. The highest BCUT2D eigenvalue weighted by atomic mass is 19.1. The molecule has 3 aromatic heterocycles. The van der Waals surface area contributed by atoms with Gasteiger partial charge in [-0.05, 0) is 31.2 Å². The van der Waals surface area contributed by atoms with Gasteiger partial charge in [0.25, 0.3) is 0 Å². The number of imidazole rings is 1. The average Bonchev–Trinajstić information content (AvgIpc) is 3.31. The summed E-state index contributed by atoms with van der Waals surface area (Å²) in [5.74, 6) is 0.901. The summed E-state index contributed by atoms with van der Waals surface area (Å²) < 4.78 is 17.5. The van der Waals surface area contributed by atoms with Gasteiger partial charge in [-0.3, -0.25) is 4.57 Å². The highest BCUT2D eigenvalue weighted by Gasteiger charge is 2.22. The standard InChI is InChI=1S/C20H15FN6/c1-13(19-22-12-26-18(25-19)9-10-23-26)20-24-16-8-7-14(21)11-17(16)27(20)15-5-3-2-4-6-15/h2-13H,1H3/t13-/m1/s1. The van der Waals surface area contributed by atoms with Gasteiger partial charge in [0.05, 0.1) is 23.1 Å². The molecule has 5 rings (SSSR count). The van der Waals surface area contributed by atoms with E-state index < -0.39 is 0 Å². The van der Waals surface area contributed by atoms with Crippen LogP contribution in [0.15, 0.2) is 67.1 Å². The Kier molecular flexibility index (Phi) is 3.46. The van der Waals surface area contributed by atoms with Crippen LogP contribution in [0.25, 0.3) is 22.4 Å². The number of fused-ring (bicyclic) bond motifs is 2. The van der Waals surface area contributed by atoms with Gasteiger partial charge in [0.1, 0.15) is 23.8 Å². The van der Waals surface area contributed by atoms with Gasteiger partial charge in [-0.1, -0.05) is 18.2 Å². The molecule has 1 atom stereocenters. The molecule has 3 heterocycles. The van der Waals surface area contributed by atoms with Crippen LogP contribution in [-0.4, -0.2) is 29.1 Å². The third-order valence-electron chi connectivity index (χ3n) is 4.61. The Morgan fingerprint density at radius 1 is 1.00 bits per heavy atom. The molecule has 0 aliphatic carbocycles. The topological polar surface area (TPSA) is 60.9 Å². The number of benzene rings is 2. The average molecular weight is 358 g/mol. The van der Waals surface area contributed by atoms with Crippen LogP contribution in [0.1, 0.15) is 24.5 Å². The van der Waals surface area contributed by atoms with E-state index in [1.807, 2.05) is 47.9 Å². The largest absolute Gasteiger partial charge is 0.296 e. The molecule has 132 valence electrons. The first kappa shape index (κ1) is 15.6. The number of aromatic nitrogens is 6. The Morgan fingerprint density at radius 2 is 1.85 bits per heavy atom. The summed E-state index contributed by atoms with van der Waals surface area (Å²) in [6, 6.07) is 16.2. The maximum Gasteiger partial charge on any atom is 0.158 e. The monoisotopic (exact) mass is 358 g/mol. The van der Waals surface area contributed by atoms with Crippen LogP contribution >= 0.6 is 0 Å². The Hall–Kier alpha value is -3.61. The van der Waals surface area contributed by atoms with Gasteiger partial charge in [-0.25, -0.2) is 23.9 Å². The molecule has 0 amide bonds. The highest BCUT2D eigenvalue weighted by Crippen LogP contribution is 2.29. The van der Waals surface area contributed by atoms with Crippen molar-refractivity contribution in [1.29, 1.82) is 0 Å². The molecular formula is C20H15FN6. The van der Waals surface area contributed by atoms with Crippen molar-refractivity contribution in [3.8, 4) is 5.69 Å². The van der Waals surface area contributed by atoms with E-state index in [1.165, 1.54) is 12.1 Å². The van der Waals surface area contributed by atoms with E-state index >= 15 is 0 Å². The number of hydrogen-bond acceptors (Lipinski definition) is 4. The molecule has 0 aliphatic rings. The summed E-state index contributed by atoms with van der Waals surface area (Å²) in [6.07, 6.45) is 3.32. The molecule has 5 aromatic rings. The van der Waals surface area contributed by atoms with E-state index in [0.29, 0.717) is 11.3 Å². The van der Waals surface area contributed by atoms with E-state index in [-0.39, 0.29) is 11.7 Å². The molecule has 0 bridgehead atoms. The van der Waals surface area contributed by atoms with Crippen molar-refractivity contribution in [2.75, 3.05) is 0 Å². The third kappa shape index (κ3) is 2.55. The van der Waals surface area contributed by atoms with Crippen LogP contribution < -0.4 is 0 Å². The van der Waals surface area contributed by atoms with Crippen LogP contribution in [0.4, 0.5) is 4.39 Å². The van der Waals surface area contributed by atoms with Crippen LogP contribution in [0.3, 0.4) is 0 Å². The fourth-order valence-electron chi connectivity index (χ4n) is 3.27. The van der Waals surface area contributed by atoms with Gasteiger partial charge < -0.3 is 0 Å². The second kappa shape index (κ2) is 5.98. The van der Waals surface area contributed by atoms with Gasteiger partial charge in [-0.15, -0.1) is 0 Å².